The van der Waals surface area contributed by atoms with Gasteiger partial charge in [-0.05, 0) is 37.1 Å². The molecule has 8 atom stereocenters. The van der Waals surface area contributed by atoms with Gasteiger partial charge in [0, 0.05) is 24.3 Å². The number of phenols is 1. The average Bonchev–Trinajstić information content (AvgIpc) is 2.77. The van der Waals surface area contributed by atoms with Crippen LogP contribution in [0.4, 0.5) is 0 Å². The molecule has 1 saturated carbocycles. The van der Waals surface area contributed by atoms with Crippen molar-refractivity contribution in [3.8, 4) is 5.75 Å². The van der Waals surface area contributed by atoms with Crippen LogP contribution in [-0.2, 0) is 9.59 Å². The van der Waals surface area contributed by atoms with Gasteiger partial charge in [-0.2, -0.15) is 0 Å². The first-order valence-corrected chi connectivity index (χ1v) is 12.5. The Labute approximate surface area is 216 Å². The zero-order valence-corrected chi connectivity index (χ0v) is 22.0. The molecule has 202 valence electrons. The number of hydrogen-bond donors (Lipinski definition) is 6. The van der Waals surface area contributed by atoms with Gasteiger partial charge in [-0.3, -0.25) is 19.3 Å². The molecule has 0 bridgehead atoms. The van der Waals surface area contributed by atoms with E-state index in [9.17, 15) is 34.8 Å². The summed E-state index contributed by atoms with van der Waals surface area (Å²) in [6, 6.07) is 2.34. The molecule has 0 heterocycles. The molecule has 0 aromatic heterocycles. The zero-order valence-electron chi connectivity index (χ0n) is 22.0. The molecule has 1 amide bonds. The highest BCUT2D eigenvalue weighted by molar-refractivity contribution is 6.22. The van der Waals surface area contributed by atoms with E-state index < -0.39 is 76.3 Å². The Balaban J connectivity index is 2.04. The fourth-order valence-electron chi connectivity index (χ4n) is 6.78. The van der Waals surface area contributed by atoms with Gasteiger partial charge in [0.25, 0.3) is 5.91 Å². The van der Waals surface area contributed by atoms with E-state index in [0.717, 1.165) is 0 Å². The minimum absolute atomic E-state index is 0.0997. The lowest BCUT2D eigenvalue weighted by Gasteiger charge is -2.60. The standard InChI is InChI=1S/C27H37N3O7/c1-11-12-8-7-9-13(31)15(12)20(32)16-14(11)21(33)18-19(30(5)6)22(34)17(25(28)36)24(35)27(18,37)23(16)29-10-26(2,3)4/h7-9,11,14,16,18-19,21,23,29,31,33,35,37H,10H2,1-6H3,(H2,28,36)/t11?,14?,16?,18?,19-,21?,23?,27-/m0/s1. The first kappa shape index (κ1) is 27.3. The van der Waals surface area contributed by atoms with Gasteiger partial charge < -0.3 is 31.5 Å². The largest absolute Gasteiger partial charge is 0.508 e. The summed E-state index contributed by atoms with van der Waals surface area (Å²) >= 11 is 0. The Morgan fingerprint density at radius 2 is 1.78 bits per heavy atom. The smallest absolute Gasteiger partial charge is 0.255 e. The second kappa shape index (κ2) is 8.90. The number of aliphatic hydroxyl groups excluding tert-OH is 2. The number of phenolic OH excluding ortho intramolecular Hbond substituents is 1. The Morgan fingerprint density at radius 3 is 2.32 bits per heavy atom. The number of aromatic hydroxyl groups is 1. The van der Waals surface area contributed by atoms with Crippen molar-refractivity contribution in [2.24, 2.45) is 28.9 Å². The number of amides is 1. The van der Waals surface area contributed by atoms with E-state index in [1.165, 1.54) is 11.0 Å². The zero-order chi connectivity index (χ0) is 27.8. The van der Waals surface area contributed by atoms with E-state index in [4.69, 9.17) is 5.73 Å². The fourth-order valence-corrected chi connectivity index (χ4v) is 6.78. The summed E-state index contributed by atoms with van der Waals surface area (Å²) in [5.74, 6) is -7.25. The first-order valence-electron chi connectivity index (χ1n) is 12.5. The molecule has 3 aliphatic rings. The predicted molar refractivity (Wildman–Crippen MR) is 135 cm³/mol. The maximum atomic E-state index is 14.0. The average molecular weight is 516 g/mol. The molecule has 1 aromatic rings. The number of hydrogen-bond acceptors (Lipinski definition) is 9. The normalized spacial score (nSPS) is 35.8. The third-order valence-corrected chi connectivity index (χ3v) is 8.34. The van der Waals surface area contributed by atoms with Crippen molar-refractivity contribution in [1.82, 2.24) is 10.2 Å². The summed E-state index contributed by atoms with van der Waals surface area (Å²) in [6.07, 6.45) is -1.43. The lowest BCUT2D eigenvalue weighted by atomic mass is 9.49. The van der Waals surface area contributed by atoms with Gasteiger partial charge in [-0.1, -0.05) is 39.8 Å². The van der Waals surface area contributed by atoms with E-state index in [1.807, 2.05) is 27.7 Å². The van der Waals surface area contributed by atoms with Crippen molar-refractivity contribution >= 4 is 17.5 Å². The number of nitrogens with two attached hydrogens (primary N) is 1. The van der Waals surface area contributed by atoms with E-state index in [2.05, 4.69) is 5.32 Å². The van der Waals surface area contributed by atoms with Gasteiger partial charge in [-0.15, -0.1) is 0 Å². The number of nitrogens with zero attached hydrogens (tertiary/aromatic N) is 1. The van der Waals surface area contributed by atoms with Crippen molar-refractivity contribution in [1.29, 1.82) is 0 Å². The van der Waals surface area contributed by atoms with E-state index in [0.29, 0.717) is 12.1 Å². The summed E-state index contributed by atoms with van der Waals surface area (Å²) in [6.45, 7) is 7.96. The van der Waals surface area contributed by atoms with Gasteiger partial charge in [0.15, 0.2) is 11.6 Å². The second-order valence-electron chi connectivity index (χ2n) is 12.1. The quantitative estimate of drug-likeness (QED) is 0.311. The monoisotopic (exact) mass is 515 g/mol. The number of Topliss-reactive ketones (excluding diaryl/α,β-unsaturated/α-hetero) is 2. The minimum atomic E-state index is -2.39. The molecule has 10 heteroatoms. The number of benzene rings is 1. The summed E-state index contributed by atoms with van der Waals surface area (Å²) in [5, 5.41) is 49.4. The molecule has 7 N–H and O–H groups in total. The van der Waals surface area contributed by atoms with Gasteiger partial charge in [0.05, 0.1) is 23.8 Å². The topological polar surface area (TPSA) is 173 Å². The van der Waals surface area contributed by atoms with Crippen molar-refractivity contribution in [3.05, 3.63) is 40.7 Å². The van der Waals surface area contributed by atoms with Crippen LogP contribution >= 0.6 is 0 Å². The molecular formula is C27H37N3O7. The summed E-state index contributed by atoms with van der Waals surface area (Å²) < 4.78 is 0. The molecule has 0 radical (unpaired) electrons. The molecule has 1 fully saturated rings. The molecule has 0 spiro atoms. The number of aliphatic hydroxyl groups is 3. The van der Waals surface area contributed by atoms with Crippen LogP contribution in [0.2, 0.25) is 0 Å². The maximum absolute atomic E-state index is 14.0. The Kier molecular flexibility index (Phi) is 6.56. The minimum Gasteiger partial charge on any atom is -0.508 e. The molecule has 0 saturated heterocycles. The second-order valence-corrected chi connectivity index (χ2v) is 12.1. The highest BCUT2D eigenvalue weighted by Crippen LogP contribution is 2.56. The number of primary amides is 1. The van der Waals surface area contributed by atoms with Crippen LogP contribution in [-0.4, -0.2) is 87.2 Å². The maximum Gasteiger partial charge on any atom is 0.255 e. The third kappa shape index (κ3) is 3.89. The fraction of sp³-hybridized carbons (Fsp3) is 0.593. The van der Waals surface area contributed by atoms with Crippen LogP contribution < -0.4 is 11.1 Å². The van der Waals surface area contributed by atoms with Crippen molar-refractivity contribution in [2.45, 2.75) is 57.4 Å². The number of ketones is 2. The van der Waals surface area contributed by atoms with Crippen LogP contribution in [0.3, 0.4) is 0 Å². The van der Waals surface area contributed by atoms with Gasteiger partial charge in [0.1, 0.15) is 22.7 Å². The van der Waals surface area contributed by atoms with Crippen molar-refractivity contribution < 1.29 is 34.8 Å². The van der Waals surface area contributed by atoms with Crippen LogP contribution in [0.25, 0.3) is 0 Å². The molecule has 4 rings (SSSR count). The van der Waals surface area contributed by atoms with Crippen LogP contribution in [0.1, 0.15) is 49.5 Å². The van der Waals surface area contributed by atoms with Crippen LogP contribution in [0.5, 0.6) is 5.75 Å². The SMILES string of the molecule is CC1c2cccc(O)c2C(=O)C2C1C(O)C1[C@H](N(C)C)C(=O)C(C(N)=O)=C(O)[C@@]1(O)C2NCC(C)(C)C. The summed E-state index contributed by atoms with van der Waals surface area (Å²) in [4.78, 5) is 41.3. The van der Waals surface area contributed by atoms with E-state index >= 15 is 0 Å². The number of nitrogens with one attached hydrogen (secondary N) is 1. The van der Waals surface area contributed by atoms with Gasteiger partial charge in [0.2, 0.25) is 0 Å². The number of likely N-dealkylation sites (N-methyl/N-ethyl adjacent to an activating group) is 1. The third-order valence-electron chi connectivity index (χ3n) is 8.34. The van der Waals surface area contributed by atoms with Crippen molar-refractivity contribution in [3.63, 3.8) is 0 Å². The molecule has 6 unspecified atom stereocenters. The van der Waals surface area contributed by atoms with Crippen LogP contribution in [0, 0.1) is 23.2 Å². The van der Waals surface area contributed by atoms with Gasteiger partial charge >= 0.3 is 0 Å². The summed E-state index contributed by atoms with van der Waals surface area (Å²) in [5.41, 5.74) is 2.69. The van der Waals surface area contributed by atoms with Crippen molar-refractivity contribution in [2.75, 3.05) is 20.6 Å². The van der Waals surface area contributed by atoms with E-state index in [-0.39, 0.29) is 16.7 Å². The summed E-state index contributed by atoms with van der Waals surface area (Å²) in [7, 11) is 3.15. The highest BCUT2D eigenvalue weighted by Gasteiger charge is 2.70. The number of fused-ring (bicyclic) bond motifs is 3. The Bertz CT molecular complexity index is 1190. The molecule has 10 nitrogen and oxygen atoms in total. The number of rotatable bonds is 4. The molecular weight excluding hydrogens is 478 g/mol. The van der Waals surface area contributed by atoms with Crippen LogP contribution in [0.15, 0.2) is 29.5 Å². The van der Waals surface area contributed by atoms with E-state index in [1.54, 1.807) is 26.2 Å². The Morgan fingerprint density at radius 1 is 1.16 bits per heavy atom. The highest BCUT2D eigenvalue weighted by atomic mass is 16.3. The predicted octanol–water partition coefficient (Wildman–Crippen LogP) is 0.461. The molecule has 1 aromatic carbocycles. The van der Waals surface area contributed by atoms with Gasteiger partial charge in [-0.25, -0.2) is 0 Å². The lowest BCUT2D eigenvalue weighted by Crippen LogP contribution is -2.77. The number of carbonyl (C=O) groups excluding carboxylic acids is 3. The molecule has 0 aliphatic heterocycles. The number of carbonyl (C=O) groups is 3. The lowest BCUT2D eigenvalue weighted by molar-refractivity contribution is -0.188. The molecule has 37 heavy (non-hydrogen) atoms. The molecule has 3 aliphatic carbocycles. The Hall–Kier alpha value is -2.79. The first-order chi connectivity index (χ1) is 17.1.